The predicted molar refractivity (Wildman–Crippen MR) is 104 cm³/mol. The lowest BCUT2D eigenvalue weighted by molar-refractivity contribution is -0.122. The molecule has 0 aliphatic carbocycles. The van der Waals surface area contributed by atoms with E-state index in [0.29, 0.717) is 11.3 Å². The van der Waals surface area contributed by atoms with E-state index < -0.39 is 0 Å². The monoisotopic (exact) mass is 342 g/mol. The maximum Gasteiger partial charge on any atom is 0.290 e. The number of hydrogen-bond acceptors (Lipinski definition) is 4. The molecule has 0 bridgehead atoms. The molecule has 0 aliphatic rings. The third kappa shape index (κ3) is 6.59. The molecule has 25 heavy (non-hydrogen) atoms. The molecule has 2 rings (SSSR count). The number of ketones is 1. The number of carbonyl (C=O) groups excluding carboxylic acids is 1. The van der Waals surface area contributed by atoms with E-state index in [0.717, 1.165) is 22.4 Å². The lowest BCUT2D eigenvalue weighted by atomic mass is 9.98. The molecule has 0 aromatic heterocycles. The van der Waals surface area contributed by atoms with Crippen LogP contribution in [-0.2, 0) is 4.79 Å². The summed E-state index contributed by atoms with van der Waals surface area (Å²) in [6.45, 7) is 7.09. The zero-order chi connectivity index (χ0) is 19.4. The van der Waals surface area contributed by atoms with Crippen molar-refractivity contribution in [2.24, 2.45) is 0 Å². The average Bonchev–Trinajstić information content (AvgIpc) is 2.63. The van der Waals surface area contributed by atoms with Crippen molar-refractivity contribution in [2.75, 3.05) is 12.4 Å². The number of Topliss-reactive ketones (excluding diaryl/α,β-unsaturated/α-hetero) is 1. The second-order valence-corrected chi connectivity index (χ2v) is 4.87. The van der Waals surface area contributed by atoms with Gasteiger partial charge in [0.25, 0.3) is 6.47 Å². The van der Waals surface area contributed by atoms with Gasteiger partial charge in [0.2, 0.25) is 0 Å². The molecule has 0 unspecified atom stereocenters. The zero-order valence-electron chi connectivity index (χ0n) is 15.4. The van der Waals surface area contributed by atoms with E-state index in [9.17, 15) is 4.79 Å². The molecule has 0 fully saturated rings. The lowest BCUT2D eigenvalue weighted by Crippen LogP contribution is -2.00. The lowest BCUT2D eigenvalue weighted by Gasteiger charge is -2.11. The first-order valence-corrected chi connectivity index (χ1v) is 8.01. The Bertz CT molecular complexity index is 707. The maximum absolute atomic E-state index is 11.3. The number of anilines is 1. The fraction of sp³-hybridized carbons (Fsp3) is 0.250. The normalized spacial score (nSPS) is 8.84. The summed E-state index contributed by atoms with van der Waals surface area (Å²) in [5, 5.41) is 17.8. The predicted octanol–water partition coefficient (Wildman–Crippen LogP) is 4.71. The van der Waals surface area contributed by atoms with E-state index in [1.807, 2.05) is 63.4 Å². The van der Waals surface area contributed by atoms with Crippen molar-refractivity contribution in [2.45, 2.75) is 27.7 Å². The molecule has 0 atom stereocenters. The Morgan fingerprint density at radius 1 is 1.04 bits per heavy atom. The van der Waals surface area contributed by atoms with Crippen LogP contribution in [0.25, 0.3) is 11.1 Å². The molecule has 5 nitrogen and oxygen atoms in total. The van der Waals surface area contributed by atoms with Crippen LogP contribution in [0, 0.1) is 5.41 Å². The summed E-state index contributed by atoms with van der Waals surface area (Å²) in [5.74, 6) is 0.0677. The molecular weight excluding hydrogens is 316 g/mol. The quantitative estimate of drug-likeness (QED) is 0.426. The summed E-state index contributed by atoms with van der Waals surface area (Å²) in [6, 6.07) is 13.5. The van der Waals surface area contributed by atoms with E-state index in [1.54, 1.807) is 13.8 Å². The van der Waals surface area contributed by atoms with Gasteiger partial charge in [-0.05, 0) is 37.1 Å². The molecule has 2 aromatic rings. The first-order chi connectivity index (χ1) is 11.9. The smallest absolute Gasteiger partial charge is 0.290 e. The van der Waals surface area contributed by atoms with Crippen molar-refractivity contribution in [1.29, 1.82) is 5.41 Å². The zero-order valence-corrected chi connectivity index (χ0v) is 15.4. The summed E-state index contributed by atoms with van der Waals surface area (Å²) < 4.78 is 0. The molecule has 5 heteroatoms. The first-order valence-electron chi connectivity index (χ1n) is 8.01. The van der Waals surface area contributed by atoms with Crippen molar-refractivity contribution in [3.05, 3.63) is 53.6 Å². The summed E-state index contributed by atoms with van der Waals surface area (Å²) in [7, 11) is 1.85. The van der Waals surface area contributed by atoms with Crippen LogP contribution in [0.1, 0.15) is 43.6 Å². The van der Waals surface area contributed by atoms with Crippen LogP contribution in [0.3, 0.4) is 0 Å². The Labute approximate surface area is 149 Å². The standard InChI is InChI=1S/C17H18N2O.C2H6.CH2O2/c1-11(18)16-10-15(8-9-17(16)19-3)14-6-4-13(5-7-14)12(2)20;1-2;2-1-3/h4-10,18-19H,1-3H3;1-2H3;1H,(H,2,3). The van der Waals surface area contributed by atoms with Crippen LogP contribution >= 0.6 is 0 Å². The van der Waals surface area contributed by atoms with Gasteiger partial charge in [0.05, 0.1) is 0 Å². The van der Waals surface area contributed by atoms with Gasteiger partial charge in [-0.25, -0.2) is 0 Å². The highest BCUT2D eigenvalue weighted by Crippen LogP contribution is 2.26. The second kappa shape index (κ2) is 11.6. The van der Waals surface area contributed by atoms with Crippen molar-refractivity contribution < 1.29 is 14.7 Å². The fourth-order valence-corrected chi connectivity index (χ4v) is 2.15. The fourth-order valence-electron chi connectivity index (χ4n) is 2.15. The van der Waals surface area contributed by atoms with Crippen LogP contribution < -0.4 is 5.32 Å². The van der Waals surface area contributed by atoms with Gasteiger partial charge < -0.3 is 15.8 Å². The minimum atomic E-state index is -0.250. The molecule has 134 valence electrons. The molecule has 0 amide bonds. The minimum absolute atomic E-state index is 0.0677. The highest BCUT2D eigenvalue weighted by atomic mass is 16.3. The van der Waals surface area contributed by atoms with Crippen LogP contribution in [0.5, 0.6) is 0 Å². The average molecular weight is 342 g/mol. The molecule has 0 spiro atoms. The summed E-state index contributed by atoms with van der Waals surface area (Å²) in [6.07, 6.45) is 0. The van der Waals surface area contributed by atoms with Gasteiger partial charge in [-0.2, -0.15) is 0 Å². The topological polar surface area (TPSA) is 90.3 Å². The van der Waals surface area contributed by atoms with Crippen LogP contribution in [0.4, 0.5) is 5.69 Å². The van der Waals surface area contributed by atoms with E-state index in [1.165, 1.54) is 0 Å². The summed E-state index contributed by atoms with van der Waals surface area (Å²) >= 11 is 0. The number of carboxylic acid groups (broad SMARTS) is 1. The van der Waals surface area contributed by atoms with Crippen LogP contribution in [0.2, 0.25) is 0 Å². The molecule has 0 heterocycles. The third-order valence-corrected chi connectivity index (χ3v) is 3.32. The maximum atomic E-state index is 11.3. The minimum Gasteiger partial charge on any atom is -0.483 e. The Morgan fingerprint density at radius 3 is 1.92 bits per heavy atom. The molecule has 0 saturated heterocycles. The van der Waals surface area contributed by atoms with Crippen molar-refractivity contribution in [1.82, 2.24) is 0 Å². The number of nitrogens with one attached hydrogen (secondary N) is 2. The van der Waals surface area contributed by atoms with Gasteiger partial charge in [0, 0.05) is 29.6 Å². The molecule has 0 aliphatic heterocycles. The van der Waals surface area contributed by atoms with Crippen molar-refractivity contribution >= 4 is 23.7 Å². The van der Waals surface area contributed by atoms with E-state index >= 15 is 0 Å². The molecule has 3 N–H and O–H groups in total. The Balaban J connectivity index is 0.00000104. The van der Waals surface area contributed by atoms with Gasteiger partial charge in [0.15, 0.2) is 5.78 Å². The van der Waals surface area contributed by atoms with Crippen molar-refractivity contribution in [3.8, 4) is 11.1 Å². The number of hydrogen-bond donors (Lipinski definition) is 3. The van der Waals surface area contributed by atoms with E-state index in [-0.39, 0.29) is 12.3 Å². The largest absolute Gasteiger partial charge is 0.483 e. The highest BCUT2D eigenvalue weighted by Gasteiger charge is 2.07. The Hall–Kier alpha value is -2.95. The SMILES string of the molecule is CC.CNc1ccc(-c2ccc(C(C)=O)cc2)cc1C(C)=N.O=CO. The summed E-state index contributed by atoms with van der Waals surface area (Å²) in [4.78, 5) is 19.6. The highest BCUT2D eigenvalue weighted by molar-refractivity contribution is 6.02. The second-order valence-electron chi connectivity index (χ2n) is 4.87. The van der Waals surface area contributed by atoms with Crippen LogP contribution in [0.15, 0.2) is 42.5 Å². The Kier molecular flexibility index (Phi) is 10.2. The number of carbonyl (C=O) groups is 2. The first kappa shape index (κ1) is 22.1. The third-order valence-electron chi connectivity index (χ3n) is 3.32. The van der Waals surface area contributed by atoms with Gasteiger partial charge >= 0.3 is 0 Å². The Morgan fingerprint density at radius 2 is 1.52 bits per heavy atom. The molecule has 0 radical (unpaired) electrons. The van der Waals surface area contributed by atoms with Gasteiger partial charge in [-0.1, -0.05) is 44.2 Å². The van der Waals surface area contributed by atoms with Crippen molar-refractivity contribution in [3.63, 3.8) is 0 Å². The summed E-state index contributed by atoms with van der Waals surface area (Å²) in [5.41, 5.74) is 5.16. The molecular formula is C20H26N2O3. The van der Waals surface area contributed by atoms with E-state index in [2.05, 4.69) is 5.32 Å². The van der Waals surface area contributed by atoms with Gasteiger partial charge in [-0.15, -0.1) is 0 Å². The van der Waals surface area contributed by atoms with Gasteiger partial charge in [-0.3, -0.25) is 9.59 Å². The van der Waals surface area contributed by atoms with E-state index in [4.69, 9.17) is 15.3 Å². The number of benzene rings is 2. The number of rotatable bonds is 4. The van der Waals surface area contributed by atoms with Gasteiger partial charge in [0.1, 0.15) is 0 Å². The molecule has 2 aromatic carbocycles. The van der Waals surface area contributed by atoms with Crippen LogP contribution in [-0.4, -0.2) is 30.1 Å². The molecule has 0 saturated carbocycles.